The van der Waals surface area contributed by atoms with Crippen LogP contribution in [0.2, 0.25) is 0 Å². The van der Waals surface area contributed by atoms with Gasteiger partial charge in [-0.3, -0.25) is 4.57 Å². The second-order valence-corrected chi connectivity index (χ2v) is 11.8. The van der Waals surface area contributed by atoms with Crippen molar-refractivity contribution in [2.45, 2.75) is 13.3 Å². The Balaban J connectivity index is 1.36. The van der Waals surface area contributed by atoms with Crippen LogP contribution in [-0.2, 0) is 6.42 Å². The molecule has 10 rings (SSSR count). The third-order valence-corrected chi connectivity index (χ3v) is 9.34. The normalized spacial score (nSPS) is 18.1. The summed E-state index contributed by atoms with van der Waals surface area (Å²) in [7, 11) is 0. The molecule has 0 saturated carbocycles. The summed E-state index contributed by atoms with van der Waals surface area (Å²) in [5.74, 6) is 3.58. The first-order valence-corrected chi connectivity index (χ1v) is 14.7. The largest absolute Gasteiger partial charge is 0.455 e. The second-order valence-electron chi connectivity index (χ2n) is 11.8. The van der Waals surface area contributed by atoms with E-state index in [9.17, 15) is 0 Å². The van der Waals surface area contributed by atoms with Gasteiger partial charge in [0.25, 0.3) is 0 Å². The lowest BCUT2D eigenvalue weighted by Crippen LogP contribution is -3.05. The van der Waals surface area contributed by atoms with Gasteiger partial charge in [-0.15, -0.1) is 0 Å². The van der Waals surface area contributed by atoms with Crippen LogP contribution in [0, 0.1) is 5.92 Å². The molecule has 2 aliphatic heterocycles. The van der Waals surface area contributed by atoms with Gasteiger partial charge in [-0.2, -0.15) is 4.99 Å². The molecule has 0 fully saturated rings. The Bertz CT molecular complexity index is 2370. The maximum atomic E-state index is 6.75. The zero-order chi connectivity index (χ0) is 27.5. The van der Waals surface area contributed by atoms with Crippen molar-refractivity contribution in [3.63, 3.8) is 0 Å². The molecular weight excluding hydrogens is 514 g/mol. The van der Waals surface area contributed by atoms with Crippen LogP contribution in [0.3, 0.4) is 0 Å². The van der Waals surface area contributed by atoms with E-state index in [0.29, 0.717) is 5.92 Å². The van der Waals surface area contributed by atoms with Crippen molar-refractivity contribution < 1.29 is 9.32 Å². The van der Waals surface area contributed by atoms with E-state index in [1.807, 2.05) is 0 Å². The first-order valence-electron chi connectivity index (χ1n) is 14.7. The van der Waals surface area contributed by atoms with Gasteiger partial charge in [-0.05, 0) is 58.1 Å². The van der Waals surface area contributed by atoms with Crippen LogP contribution >= 0.6 is 0 Å². The van der Waals surface area contributed by atoms with Gasteiger partial charge < -0.3 is 4.42 Å². The van der Waals surface area contributed by atoms with Gasteiger partial charge in [0.2, 0.25) is 11.7 Å². The fraction of sp³-hybridized carbons (Fsp3) is 0.0789. The molecule has 2 unspecified atom stereocenters. The van der Waals surface area contributed by atoms with E-state index in [2.05, 4.69) is 127 Å². The lowest BCUT2D eigenvalue weighted by atomic mass is 9.91. The average Bonchev–Trinajstić information content (AvgIpc) is 3.70. The van der Waals surface area contributed by atoms with E-state index in [-0.39, 0.29) is 0 Å². The summed E-state index contributed by atoms with van der Waals surface area (Å²) in [6.45, 7) is 2.31. The molecule has 4 heterocycles. The predicted octanol–water partition coefficient (Wildman–Crippen LogP) is 8.66. The van der Waals surface area contributed by atoms with Crippen molar-refractivity contribution in [1.82, 2.24) is 4.57 Å². The number of furan rings is 1. The molecule has 42 heavy (non-hydrogen) atoms. The molecule has 2 atom stereocenters. The number of quaternary nitrogens is 1. The Labute approximate surface area is 242 Å². The van der Waals surface area contributed by atoms with Crippen LogP contribution in [0.15, 0.2) is 119 Å². The summed E-state index contributed by atoms with van der Waals surface area (Å²) in [5.41, 5.74) is 9.17. The van der Waals surface area contributed by atoms with Crippen LogP contribution < -0.4 is 4.90 Å². The number of hydrogen-bond donors (Lipinski definition) is 1. The summed E-state index contributed by atoms with van der Waals surface area (Å²) in [5, 5.41) is 6.18. The van der Waals surface area contributed by atoms with E-state index in [1.54, 1.807) is 0 Å². The molecule has 5 aromatic carbocycles. The van der Waals surface area contributed by atoms with Crippen LogP contribution in [0.1, 0.15) is 23.7 Å². The Morgan fingerprint density at radius 2 is 1.55 bits per heavy atom. The highest BCUT2D eigenvalue weighted by molar-refractivity contribution is 6.17. The Morgan fingerprint density at radius 1 is 0.786 bits per heavy atom. The van der Waals surface area contributed by atoms with Gasteiger partial charge in [0.15, 0.2) is 11.4 Å². The van der Waals surface area contributed by atoms with E-state index in [0.717, 1.165) is 40.2 Å². The number of nitrogens with zero attached hydrogens (tertiary/aromatic N) is 2. The zero-order valence-corrected chi connectivity index (χ0v) is 23.1. The minimum absolute atomic E-state index is 0.443. The number of amidine groups is 1. The molecule has 0 amide bonds. The molecular formula is C38H26N3O+. The smallest absolute Gasteiger partial charge is 0.250 e. The van der Waals surface area contributed by atoms with E-state index >= 15 is 0 Å². The number of aromatic nitrogens is 1. The summed E-state index contributed by atoms with van der Waals surface area (Å²) < 4.78 is 9.28. The van der Waals surface area contributed by atoms with Gasteiger partial charge in [0.1, 0.15) is 22.4 Å². The number of hydrogen-bond acceptors (Lipinski definition) is 2. The van der Waals surface area contributed by atoms with E-state index in [4.69, 9.17) is 9.41 Å². The highest BCUT2D eigenvalue weighted by Crippen LogP contribution is 2.49. The quantitative estimate of drug-likeness (QED) is 0.208. The van der Waals surface area contributed by atoms with Crippen molar-refractivity contribution in [3.8, 4) is 17.0 Å². The predicted molar refractivity (Wildman–Crippen MR) is 171 cm³/mol. The van der Waals surface area contributed by atoms with Crippen LogP contribution in [0.25, 0.3) is 55.6 Å². The number of aliphatic imine (C=N–C) groups is 1. The highest BCUT2D eigenvalue weighted by Gasteiger charge is 2.48. The minimum Gasteiger partial charge on any atom is -0.455 e. The number of fused-ring (bicyclic) bond motifs is 15. The molecule has 0 radical (unpaired) electrons. The minimum atomic E-state index is 0.443. The van der Waals surface area contributed by atoms with E-state index < -0.39 is 0 Å². The third kappa shape index (κ3) is 2.82. The highest BCUT2D eigenvalue weighted by atomic mass is 16.3. The standard InChI is InChI=1S/C38H25N3O/c1-22-14-19-27-32(20-22)40(25-18-17-24-16-15-23-8-2-3-9-26(23)29(24)21-25)38-35(27)36-34(28-10-4-7-13-33(28)42-36)37-39-30-11-5-6-12-31(30)41(37)38/h2-19,21-22H,20H2,1H3/p+1. The Kier molecular flexibility index (Phi) is 4.27. The molecule has 1 N–H and O–H groups in total. The summed E-state index contributed by atoms with van der Waals surface area (Å²) in [4.78, 5) is 6.47. The van der Waals surface area contributed by atoms with Crippen molar-refractivity contribution in [2.75, 3.05) is 0 Å². The average molecular weight is 541 g/mol. The first-order chi connectivity index (χ1) is 20.7. The molecule has 0 saturated heterocycles. The maximum Gasteiger partial charge on any atom is 0.250 e. The number of allylic oxidation sites excluding steroid dienone is 1. The lowest BCUT2D eigenvalue weighted by molar-refractivity contribution is -0.649. The fourth-order valence-corrected chi connectivity index (χ4v) is 7.50. The van der Waals surface area contributed by atoms with E-state index in [1.165, 1.54) is 60.5 Å². The molecule has 3 aliphatic rings. The fourth-order valence-electron chi connectivity index (χ4n) is 7.50. The van der Waals surface area contributed by atoms with Crippen molar-refractivity contribution in [2.24, 2.45) is 10.9 Å². The van der Waals surface area contributed by atoms with Gasteiger partial charge in [-0.1, -0.05) is 91.9 Å². The van der Waals surface area contributed by atoms with Gasteiger partial charge >= 0.3 is 0 Å². The second kappa shape index (κ2) is 7.96. The van der Waals surface area contributed by atoms with Crippen LogP contribution in [0.5, 0.6) is 0 Å². The van der Waals surface area contributed by atoms with Gasteiger partial charge in [0.05, 0.1) is 5.69 Å². The zero-order valence-electron chi connectivity index (χ0n) is 23.1. The summed E-state index contributed by atoms with van der Waals surface area (Å²) in [6, 6.07) is 37.0. The topological polar surface area (TPSA) is 34.9 Å². The lowest BCUT2D eigenvalue weighted by Gasteiger charge is -2.23. The molecule has 198 valence electrons. The van der Waals surface area contributed by atoms with Crippen LogP contribution in [0.4, 0.5) is 17.2 Å². The number of nitrogens with one attached hydrogen (secondary N) is 1. The molecule has 4 heteroatoms. The first kappa shape index (κ1) is 22.5. The third-order valence-electron chi connectivity index (χ3n) is 9.34. The molecule has 0 bridgehead atoms. The SMILES string of the molecule is CC1C=Cc2c3c(n(-c4ccc5ccc6ccccc6c5c4)c2C1)[NH+]1C(=Nc2ccccc21)c1c-3oc2ccccc12. The van der Waals surface area contributed by atoms with Gasteiger partial charge in [-0.25, -0.2) is 4.90 Å². The van der Waals surface area contributed by atoms with Crippen molar-refractivity contribution in [3.05, 3.63) is 126 Å². The van der Waals surface area contributed by atoms with Crippen molar-refractivity contribution in [1.29, 1.82) is 0 Å². The number of benzene rings is 5. The number of para-hydroxylation sites is 3. The Morgan fingerprint density at radius 3 is 2.48 bits per heavy atom. The van der Waals surface area contributed by atoms with Crippen molar-refractivity contribution >= 4 is 61.6 Å². The Hall–Kier alpha value is -5.19. The molecule has 0 spiro atoms. The number of rotatable bonds is 1. The molecule has 7 aromatic rings. The van der Waals surface area contributed by atoms with Crippen LogP contribution in [-0.4, -0.2) is 10.4 Å². The molecule has 2 aromatic heterocycles. The molecule has 1 aliphatic carbocycles. The van der Waals surface area contributed by atoms with Gasteiger partial charge in [0, 0.05) is 22.7 Å². The molecule has 4 nitrogen and oxygen atoms in total. The maximum absolute atomic E-state index is 6.75. The summed E-state index contributed by atoms with van der Waals surface area (Å²) in [6.07, 6.45) is 5.64. The monoisotopic (exact) mass is 540 g/mol. The summed E-state index contributed by atoms with van der Waals surface area (Å²) >= 11 is 0.